The predicted molar refractivity (Wildman–Crippen MR) is 104 cm³/mol. The summed E-state index contributed by atoms with van der Waals surface area (Å²) in [6.07, 6.45) is 3.90. The number of carbonyl (C=O) groups is 1. The fraction of sp³-hybridized carbons (Fsp3) is 0.476. The lowest BCUT2D eigenvalue weighted by molar-refractivity contribution is -0.0838. The molecule has 27 heavy (non-hydrogen) atoms. The maximum atomic E-state index is 12.4. The molecule has 0 spiro atoms. The van der Waals surface area contributed by atoms with Crippen molar-refractivity contribution in [3.8, 4) is 0 Å². The van der Waals surface area contributed by atoms with E-state index in [1.807, 2.05) is 6.07 Å². The molecule has 1 fully saturated rings. The highest BCUT2D eigenvalue weighted by atomic mass is 16.5. The zero-order valence-electron chi connectivity index (χ0n) is 16.2. The van der Waals surface area contributed by atoms with Crippen molar-refractivity contribution in [2.75, 3.05) is 13.2 Å². The number of aryl methyl sites for hydroxylation is 1. The summed E-state index contributed by atoms with van der Waals surface area (Å²) in [5.74, 6) is 0.0994. The molecule has 3 rings (SSSR count). The van der Waals surface area contributed by atoms with E-state index in [0.717, 1.165) is 19.3 Å². The topological polar surface area (TPSA) is 84.1 Å². The first-order valence-electron chi connectivity index (χ1n) is 9.35. The number of H-pyrrole nitrogens is 1. The molecule has 1 aromatic carbocycles. The molecular formula is C21H27N3O3. The first-order valence-corrected chi connectivity index (χ1v) is 9.35. The Labute approximate surface area is 159 Å². The Kier molecular flexibility index (Phi) is 5.46. The molecule has 1 atom stereocenters. The van der Waals surface area contributed by atoms with Gasteiger partial charge >= 0.3 is 0 Å². The van der Waals surface area contributed by atoms with Gasteiger partial charge < -0.3 is 15.0 Å². The van der Waals surface area contributed by atoms with Crippen LogP contribution in [-0.2, 0) is 10.2 Å². The molecule has 0 aliphatic carbocycles. The molecule has 1 amide bonds. The summed E-state index contributed by atoms with van der Waals surface area (Å²) in [7, 11) is 0. The summed E-state index contributed by atoms with van der Waals surface area (Å²) in [4.78, 5) is 30.9. The molecule has 0 unspecified atom stereocenters. The van der Waals surface area contributed by atoms with Gasteiger partial charge in [0.05, 0.1) is 5.60 Å². The number of benzene rings is 1. The van der Waals surface area contributed by atoms with Gasteiger partial charge in [-0.15, -0.1) is 0 Å². The van der Waals surface area contributed by atoms with E-state index in [1.165, 1.54) is 11.8 Å². The minimum Gasteiger partial charge on any atom is -0.376 e. The van der Waals surface area contributed by atoms with E-state index in [1.54, 1.807) is 6.92 Å². The Hall–Kier alpha value is -2.47. The third-order valence-corrected chi connectivity index (χ3v) is 5.28. The van der Waals surface area contributed by atoms with Crippen LogP contribution in [0.4, 0.5) is 0 Å². The molecular weight excluding hydrogens is 342 g/mol. The fourth-order valence-corrected chi connectivity index (χ4v) is 4.03. The highest BCUT2D eigenvalue weighted by Gasteiger charge is 2.41. The van der Waals surface area contributed by atoms with E-state index in [2.05, 4.69) is 53.4 Å². The second kappa shape index (κ2) is 7.64. The van der Waals surface area contributed by atoms with Gasteiger partial charge in [-0.3, -0.25) is 9.59 Å². The minimum atomic E-state index is -0.412. The van der Waals surface area contributed by atoms with Crippen LogP contribution in [0.5, 0.6) is 0 Å². The third kappa shape index (κ3) is 4.45. The van der Waals surface area contributed by atoms with E-state index in [-0.39, 0.29) is 16.6 Å². The van der Waals surface area contributed by atoms with Crippen LogP contribution in [0, 0.1) is 6.92 Å². The van der Waals surface area contributed by atoms with Crippen LogP contribution in [0.2, 0.25) is 0 Å². The smallest absolute Gasteiger partial charge is 0.263 e. The van der Waals surface area contributed by atoms with Crippen molar-refractivity contribution in [2.24, 2.45) is 0 Å². The number of nitrogens with zero attached hydrogens (tertiary/aromatic N) is 1. The van der Waals surface area contributed by atoms with Gasteiger partial charge in [-0.25, -0.2) is 4.98 Å². The van der Waals surface area contributed by atoms with Crippen molar-refractivity contribution in [2.45, 2.75) is 51.0 Å². The van der Waals surface area contributed by atoms with E-state index < -0.39 is 11.5 Å². The SMILES string of the molecule is Cc1ncc(C(=O)NCC[C@@]2(c3ccccc3)CCOC(C)(C)C2)c(=O)[nH]1. The first kappa shape index (κ1) is 19.3. The minimum absolute atomic E-state index is 0.0432. The Morgan fingerprint density at radius 3 is 2.70 bits per heavy atom. The summed E-state index contributed by atoms with van der Waals surface area (Å²) >= 11 is 0. The Morgan fingerprint density at radius 1 is 1.30 bits per heavy atom. The standard InChI is InChI=1S/C21H27N3O3/c1-15-23-13-17(19(26)24-15)18(25)22-11-9-21(16-7-5-4-6-8-16)10-12-27-20(2,3)14-21/h4-8,13H,9-12,14H2,1-3H3,(H,22,25)(H,23,24,26)/t21-/m1/s1. The number of nitrogens with one attached hydrogen (secondary N) is 2. The second-order valence-electron chi connectivity index (χ2n) is 7.90. The normalized spacial score (nSPS) is 21.6. The number of aromatic amines is 1. The zero-order valence-corrected chi connectivity index (χ0v) is 16.2. The Balaban J connectivity index is 1.74. The molecule has 0 saturated carbocycles. The maximum Gasteiger partial charge on any atom is 0.263 e. The predicted octanol–water partition coefficient (Wildman–Crippen LogP) is 2.73. The third-order valence-electron chi connectivity index (χ3n) is 5.28. The number of ether oxygens (including phenoxy) is 1. The lowest BCUT2D eigenvalue weighted by Crippen LogP contribution is -2.45. The molecule has 2 N–H and O–H groups in total. The van der Waals surface area contributed by atoms with Crippen molar-refractivity contribution in [1.29, 1.82) is 0 Å². The number of hydrogen-bond acceptors (Lipinski definition) is 4. The summed E-state index contributed by atoms with van der Waals surface area (Å²) in [5.41, 5.74) is 0.627. The van der Waals surface area contributed by atoms with Crippen LogP contribution in [0.15, 0.2) is 41.3 Å². The summed E-state index contributed by atoms with van der Waals surface area (Å²) in [6, 6.07) is 10.4. The maximum absolute atomic E-state index is 12.4. The molecule has 6 heteroatoms. The molecule has 144 valence electrons. The molecule has 1 aliphatic rings. The molecule has 0 radical (unpaired) electrons. The number of amides is 1. The average Bonchev–Trinajstić information content (AvgIpc) is 2.61. The average molecular weight is 369 g/mol. The second-order valence-corrected chi connectivity index (χ2v) is 7.90. The van der Waals surface area contributed by atoms with Gasteiger partial charge in [0.15, 0.2) is 0 Å². The summed E-state index contributed by atoms with van der Waals surface area (Å²) < 4.78 is 5.92. The van der Waals surface area contributed by atoms with Crippen molar-refractivity contribution < 1.29 is 9.53 Å². The van der Waals surface area contributed by atoms with E-state index in [9.17, 15) is 9.59 Å². The number of rotatable bonds is 5. The van der Waals surface area contributed by atoms with Gasteiger partial charge in [0.1, 0.15) is 11.4 Å². The Morgan fingerprint density at radius 2 is 2.04 bits per heavy atom. The van der Waals surface area contributed by atoms with Crippen LogP contribution < -0.4 is 10.9 Å². The lowest BCUT2D eigenvalue weighted by Gasteiger charge is -2.45. The van der Waals surface area contributed by atoms with Gasteiger partial charge in [-0.1, -0.05) is 30.3 Å². The number of hydrogen-bond donors (Lipinski definition) is 2. The molecule has 1 aromatic heterocycles. The highest BCUT2D eigenvalue weighted by Crippen LogP contribution is 2.43. The van der Waals surface area contributed by atoms with Crippen LogP contribution in [0.25, 0.3) is 0 Å². The molecule has 1 saturated heterocycles. The van der Waals surface area contributed by atoms with E-state index >= 15 is 0 Å². The molecule has 1 aliphatic heterocycles. The quantitative estimate of drug-likeness (QED) is 0.849. The van der Waals surface area contributed by atoms with Crippen molar-refractivity contribution >= 4 is 5.91 Å². The van der Waals surface area contributed by atoms with Crippen LogP contribution in [0.3, 0.4) is 0 Å². The monoisotopic (exact) mass is 369 g/mol. The van der Waals surface area contributed by atoms with Crippen LogP contribution in [0.1, 0.15) is 54.9 Å². The van der Waals surface area contributed by atoms with Gasteiger partial charge in [-0.2, -0.15) is 0 Å². The van der Waals surface area contributed by atoms with Crippen LogP contribution >= 0.6 is 0 Å². The largest absolute Gasteiger partial charge is 0.376 e. The van der Waals surface area contributed by atoms with Gasteiger partial charge in [0, 0.05) is 24.8 Å². The lowest BCUT2D eigenvalue weighted by atomic mass is 9.67. The van der Waals surface area contributed by atoms with E-state index in [4.69, 9.17) is 4.74 Å². The highest BCUT2D eigenvalue weighted by molar-refractivity contribution is 5.93. The zero-order chi connectivity index (χ0) is 19.5. The molecule has 2 aromatic rings. The summed E-state index contributed by atoms with van der Waals surface area (Å²) in [6.45, 7) is 7.08. The van der Waals surface area contributed by atoms with E-state index in [0.29, 0.717) is 19.0 Å². The molecule has 2 heterocycles. The van der Waals surface area contributed by atoms with Crippen molar-refractivity contribution in [1.82, 2.24) is 15.3 Å². The van der Waals surface area contributed by atoms with Crippen molar-refractivity contribution in [3.63, 3.8) is 0 Å². The number of carbonyl (C=O) groups excluding carboxylic acids is 1. The molecule has 6 nitrogen and oxygen atoms in total. The van der Waals surface area contributed by atoms with Crippen molar-refractivity contribution in [3.05, 3.63) is 63.8 Å². The fourth-order valence-electron chi connectivity index (χ4n) is 4.03. The number of aromatic nitrogens is 2. The Bertz CT molecular complexity index is 860. The van der Waals surface area contributed by atoms with Crippen LogP contribution in [-0.4, -0.2) is 34.6 Å². The van der Waals surface area contributed by atoms with Gasteiger partial charge in [0.2, 0.25) is 0 Å². The van der Waals surface area contributed by atoms with Gasteiger partial charge in [-0.05, 0) is 45.6 Å². The molecule has 0 bridgehead atoms. The summed E-state index contributed by atoms with van der Waals surface area (Å²) in [5, 5.41) is 2.89. The van der Waals surface area contributed by atoms with Gasteiger partial charge in [0.25, 0.3) is 11.5 Å². The first-order chi connectivity index (χ1) is 12.8.